The Labute approximate surface area is 71.8 Å². The Hall–Kier alpha value is -1.32. The lowest BCUT2D eigenvalue weighted by Gasteiger charge is -2.09. The smallest absolute Gasteiger partial charge is 0.243 e. The molecule has 0 spiro atoms. The molecule has 1 heterocycles. The highest BCUT2D eigenvalue weighted by molar-refractivity contribution is 5.75. The Balaban J connectivity index is 2.58. The zero-order valence-corrected chi connectivity index (χ0v) is 7.53. The lowest BCUT2D eigenvalue weighted by atomic mass is 10.4. The van der Waals surface area contributed by atoms with Crippen molar-refractivity contribution in [1.29, 1.82) is 0 Å². The second kappa shape index (κ2) is 3.38. The van der Waals surface area contributed by atoms with Crippen LogP contribution in [0.5, 0.6) is 0 Å². The number of rotatable bonds is 2. The SMILES string of the molecule is Cc1[c]nn(CC(=O)N(C)C)c1. The molecule has 0 saturated carbocycles. The van der Waals surface area contributed by atoms with Gasteiger partial charge in [-0.3, -0.25) is 9.48 Å². The molecule has 12 heavy (non-hydrogen) atoms. The normalized spacial score (nSPS) is 9.92. The highest BCUT2D eigenvalue weighted by Gasteiger charge is 2.04. The van der Waals surface area contributed by atoms with E-state index in [0.29, 0.717) is 0 Å². The maximum atomic E-state index is 11.2. The van der Waals surface area contributed by atoms with Gasteiger partial charge in [0.05, 0.1) is 0 Å². The van der Waals surface area contributed by atoms with E-state index in [2.05, 4.69) is 11.3 Å². The molecular weight excluding hydrogens is 154 g/mol. The molecule has 0 aliphatic carbocycles. The van der Waals surface area contributed by atoms with Crippen LogP contribution in [-0.4, -0.2) is 34.7 Å². The number of hydrogen-bond acceptors (Lipinski definition) is 2. The van der Waals surface area contributed by atoms with E-state index >= 15 is 0 Å². The molecule has 0 N–H and O–H groups in total. The second-order valence-corrected chi connectivity index (χ2v) is 2.91. The van der Waals surface area contributed by atoms with Crippen LogP contribution in [0.2, 0.25) is 0 Å². The zero-order valence-electron chi connectivity index (χ0n) is 7.53. The van der Waals surface area contributed by atoms with Crippen molar-refractivity contribution in [3.05, 3.63) is 18.0 Å². The van der Waals surface area contributed by atoms with Crippen LogP contribution in [0.15, 0.2) is 6.20 Å². The Bertz CT molecular complexity index is 278. The van der Waals surface area contributed by atoms with Crippen LogP contribution in [0.1, 0.15) is 5.56 Å². The van der Waals surface area contributed by atoms with Crippen LogP contribution in [0.4, 0.5) is 0 Å². The first-order valence-corrected chi connectivity index (χ1v) is 3.71. The number of nitrogens with zero attached hydrogens (tertiary/aromatic N) is 3. The van der Waals surface area contributed by atoms with Gasteiger partial charge >= 0.3 is 0 Å². The number of carbonyl (C=O) groups excluding carboxylic acids is 1. The van der Waals surface area contributed by atoms with E-state index in [-0.39, 0.29) is 12.5 Å². The van der Waals surface area contributed by atoms with Gasteiger partial charge in [0, 0.05) is 20.3 Å². The summed E-state index contributed by atoms with van der Waals surface area (Å²) in [5.41, 5.74) is 0.946. The van der Waals surface area contributed by atoms with Gasteiger partial charge in [-0.2, -0.15) is 5.10 Å². The summed E-state index contributed by atoms with van der Waals surface area (Å²) in [6, 6.07) is 0. The summed E-state index contributed by atoms with van der Waals surface area (Å²) in [4.78, 5) is 12.7. The largest absolute Gasteiger partial charge is 0.347 e. The number of likely N-dealkylation sites (N-methyl/N-ethyl adjacent to an activating group) is 1. The Morgan fingerprint density at radius 2 is 2.42 bits per heavy atom. The standard InChI is InChI=1S/C8H12N3O/c1-7-4-9-11(5-7)6-8(12)10(2)3/h5H,6H2,1-3H3. The number of aryl methyl sites for hydroxylation is 1. The fraction of sp³-hybridized carbons (Fsp3) is 0.500. The maximum Gasteiger partial charge on any atom is 0.243 e. The molecule has 0 aliphatic heterocycles. The van der Waals surface area contributed by atoms with Gasteiger partial charge in [-0.1, -0.05) is 0 Å². The fourth-order valence-corrected chi connectivity index (χ4v) is 0.785. The lowest BCUT2D eigenvalue weighted by Crippen LogP contribution is -2.26. The summed E-state index contributed by atoms with van der Waals surface area (Å²) < 4.78 is 1.58. The van der Waals surface area contributed by atoms with E-state index in [1.165, 1.54) is 4.90 Å². The monoisotopic (exact) mass is 166 g/mol. The number of carbonyl (C=O) groups is 1. The summed E-state index contributed by atoms with van der Waals surface area (Å²) in [7, 11) is 3.45. The van der Waals surface area contributed by atoms with Gasteiger partial charge in [-0.15, -0.1) is 0 Å². The molecule has 0 unspecified atom stereocenters. The van der Waals surface area contributed by atoms with Crippen LogP contribution < -0.4 is 0 Å². The average Bonchev–Trinajstić information content (AvgIpc) is 2.35. The van der Waals surface area contributed by atoms with Crippen LogP contribution in [0.3, 0.4) is 0 Å². The van der Waals surface area contributed by atoms with Crippen molar-refractivity contribution in [3.8, 4) is 0 Å². The molecule has 1 aromatic heterocycles. The molecule has 4 nitrogen and oxygen atoms in total. The molecule has 0 aliphatic rings. The lowest BCUT2D eigenvalue weighted by molar-refractivity contribution is -0.129. The summed E-state index contributed by atoms with van der Waals surface area (Å²) in [5, 5.41) is 3.88. The first-order chi connectivity index (χ1) is 5.59. The van der Waals surface area contributed by atoms with Crippen molar-refractivity contribution < 1.29 is 4.79 Å². The third kappa shape index (κ3) is 2.08. The Morgan fingerprint density at radius 1 is 1.75 bits per heavy atom. The van der Waals surface area contributed by atoms with Crippen LogP contribution in [0, 0.1) is 13.1 Å². The van der Waals surface area contributed by atoms with Gasteiger partial charge in [0.15, 0.2) is 0 Å². The van der Waals surface area contributed by atoms with Crippen molar-refractivity contribution in [3.63, 3.8) is 0 Å². The summed E-state index contributed by atoms with van der Waals surface area (Å²) in [6.07, 6.45) is 4.55. The van der Waals surface area contributed by atoms with Crippen LogP contribution >= 0.6 is 0 Å². The van der Waals surface area contributed by atoms with E-state index < -0.39 is 0 Å². The molecule has 1 aromatic rings. The van der Waals surface area contributed by atoms with Gasteiger partial charge in [0.1, 0.15) is 12.7 Å². The molecule has 4 heteroatoms. The molecule has 1 amide bonds. The molecule has 65 valence electrons. The minimum atomic E-state index is 0.0338. The molecule has 0 atom stereocenters. The molecular formula is C8H12N3O. The molecule has 0 fully saturated rings. The van der Waals surface area contributed by atoms with Crippen molar-refractivity contribution >= 4 is 5.91 Å². The van der Waals surface area contributed by atoms with Crippen molar-refractivity contribution in [1.82, 2.24) is 14.7 Å². The average molecular weight is 166 g/mol. The molecule has 0 saturated heterocycles. The maximum absolute atomic E-state index is 11.2. The van der Waals surface area contributed by atoms with Gasteiger partial charge in [0.25, 0.3) is 0 Å². The van der Waals surface area contributed by atoms with Crippen molar-refractivity contribution in [2.24, 2.45) is 0 Å². The summed E-state index contributed by atoms with van der Waals surface area (Å²) in [6.45, 7) is 2.18. The Kier molecular flexibility index (Phi) is 2.47. The molecule has 1 rings (SSSR count). The van der Waals surface area contributed by atoms with Crippen LogP contribution in [-0.2, 0) is 11.3 Å². The van der Waals surface area contributed by atoms with E-state index in [4.69, 9.17) is 0 Å². The number of aromatic nitrogens is 2. The van der Waals surface area contributed by atoms with Crippen molar-refractivity contribution in [2.45, 2.75) is 13.5 Å². The number of hydrogen-bond donors (Lipinski definition) is 0. The minimum absolute atomic E-state index is 0.0338. The van der Waals surface area contributed by atoms with E-state index in [9.17, 15) is 4.79 Å². The van der Waals surface area contributed by atoms with Gasteiger partial charge < -0.3 is 4.90 Å². The second-order valence-electron chi connectivity index (χ2n) is 2.91. The highest BCUT2D eigenvalue weighted by Crippen LogP contribution is 1.93. The van der Waals surface area contributed by atoms with Crippen molar-refractivity contribution in [2.75, 3.05) is 14.1 Å². The van der Waals surface area contributed by atoms with Crippen LogP contribution in [0.25, 0.3) is 0 Å². The van der Waals surface area contributed by atoms with Gasteiger partial charge in [-0.05, 0) is 12.5 Å². The number of amides is 1. The quantitative estimate of drug-likeness (QED) is 0.624. The predicted octanol–water partition coefficient (Wildman–Crippen LogP) is 0.0799. The topological polar surface area (TPSA) is 38.1 Å². The van der Waals surface area contributed by atoms with Gasteiger partial charge in [-0.25, -0.2) is 0 Å². The Morgan fingerprint density at radius 3 is 2.83 bits per heavy atom. The minimum Gasteiger partial charge on any atom is -0.347 e. The summed E-state index contributed by atoms with van der Waals surface area (Å²) in [5.74, 6) is 0.0338. The first kappa shape index (κ1) is 8.77. The molecule has 0 bridgehead atoms. The predicted molar refractivity (Wildman–Crippen MR) is 44.5 cm³/mol. The molecule has 0 aromatic carbocycles. The summed E-state index contributed by atoms with van der Waals surface area (Å²) >= 11 is 0. The molecule has 1 radical (unpaired) electrons. The van der Waals surface area contributed by atoms with Gasteiger partial charge in [0.2, 0.25) is 5.91 Å². The van der Waals surface area contributed by atoms with E-state index in [1.54, 1.807) is 25.0 Å². The van der Waals surface area contributed by atoms with E-state index in [1.807, 2.05) is 6.92 Å². The first-order valence-electron chi connectivity index (χ1n) is 3.71. The third-order valence-electron chi connectivity index (χ3n) is 1.49. The third-order valence-corrected chi connectivity index (χ3v) is 1.49. The fourth-order valence-electron chi connectivity index (χ4n) is 0.785. The van der Waals surface area contributed by atoms with E-state index in [0.717, 1.165) is 5.56 Å². The highest BCUT2D eigenvalue weighted by atomic mass is 16.2. The zero-order chi connectivity index (χ0) is 9.14.